The molecule has 2 aromatic rings. The zero-order valence-electron chi connectivity index (χ0n) is 20.3. The second kappa shape index (κ2) is 9.90. The predicted molar refractivity (Wildman–Crippen MR) is 134 cm³/mol. The van der Waals surface area contributed by atoms with Gasteiger partial charge in [-0.25, -0.2) is 4.98 Å². The summed E-state index contributed by atoms with van der Waals surface area (Å²) in [6, 6.07) is 8.60. The third-order valence-corrected chi connectivity index (χ3v) is 7.78. The number of amides is 1. The molecule has 1 heterocycles. The normalized spacial score (nSPS) is 28.3. The maximum atomic E-state index is 12.2. The van der Waals surface area contributed by atoms with Gasteiger partial charge in [-0.15, -0.1) is 0 Å². The SMILES string of the molecule is CCC1CC2C[C@H](O)CC(C1)[C@@H]2Nc1nc(Nc2cccc(CC(=O)NC3CC3)c2)ncc1C. The van der Waals surface area contributed by atoms with Gasteiger partial charge in [0.25, 0.3) is 0 Å². The van der Waals surface area contributed by atoms with E-state index < -0.39 is 0 Å². The Morgan fingerprint density at radius 1 is 1.15 bits per heavy atom. The number of aryl methyl sites for hydroxylation is 1. The molecule has 2 atom stereocenters. The molecular weight excluding hydrogens is 426 g/mol. The number of aromatic nitrogens is 2. The minimum atomic E-state index is -0.173. The standard InChI is InChI=1S/C27H37N5O2/c1-3-17-9-19-13-23(33)14-20(10-17)25(19)31-26-16(2)15-28-27(32-26)30-22-6-4-5-18(11-22)12-24(34)29-21-7-8-21/h4-6,11,15,17,19-21,23,25,33H,3,7-10,12-14H2,1-2H3,(H,29,34)(H2,28,30,31,32)/t17?,19?,20?,23-,25+. The molecule has 1 amide bonds. The van der Waals surface area contributed by atoms with E-state index in [0.29, 0.717) is 36.3 Å². The van der Waals surface area contributed by atoms with Gasteiger partial charge >= 0.3 is 0 Å². The van der Waals surface area contributed by atoms with Crippen molar-refractivity contribution in [2.75, 3.05) is 10.6 Å². The molecule has 4 N–H and O–H groups in total. The molecule has 3 aliphatic rings. The first-order chi connectivity index (χ1) is 16.5. The Hall–Kier alpha value is -2.67. The lowest BCUT2D eigenvalue weighted by Gasteiger charge is -2.47. The number of carbonyl (C=O) groups excluding carboxylic acids is 1. The summed E-state index contributed by atoms with van der Waals surface area (Å²) in [5.41, 5.74) is 2.86. The Labute approximate surface area is 202 Å². The van der Waals surface area contributed by atoms with Crippen molar-refractivity contribution in [2.24, 2.45) is 17.8 Å². The quantitative estimate of drug-likeness (QED) is 0.465. The maximum Gasteiger partial charge on any atom is 0.229 e. The van der Waals surface area contributed by atoms with Gasteiger partial charge in [-0.05, 0) is 80.9 Å². The second-order valence-corrected chi connectivity index (χ2v) is 10.6. The molecule has 7 nitrogen and oxygen atoms in total. The molecule has 3 fully saturated rings. The molecular formula is C27H37N5O2. The third kappa shape index (κ3) is 5.52. The Morgan fingerprint density at radius 2 is 1.91 bits per heavy atom. The third-order valence-electron chi connectivity index (χ3n) is 7.78. The summed E-state index contributed by atoms with van der Waals surface area (Å²) >= 11 is 0. The van der Waals surface area contributed by atoms with Crippen LogP contribution in [0.1, 0.15) is 63.0 Å². The van der Waals surface area contributed by atoms with Crippen molar-refractivity contribution in [1.82, 2.24) is 15.3 Å². The van der Waals surface area contributed by atoms with E-state index in [9.17, 15) is 9.90 Å². The van der Waals surface area contributed by atoms with E-state index in [1.54, 1.807) is 0 Å². The van der Waals surface area contributed by atoms with Gasteiger partial charge in [-0.1, -0.05) is 25.5 Å². The van der Waals surface area contributed by atoms with Crippen molar-refractivity contribution in [3.63, 3.8) is 0 Å². The van der Waals surface area contributed by atoms with Crippen molar-refractivity contribution in [3.05, 3.63) is 41.6 Å². The molecule has 1 aromatic carbocycles. The molecule has 5 rings (SSSR count). The van der Waals surface area contributed by atoms with Crippen molar-refractivity contribution in [3.8, 4) is 0 Å². The van der Waals surface area contributed by atoms with Gasteiger partial charge in [0.15, 0.2) is 0 Å². The predicted octanol–water partition coefficient (Wildman–Crippen LogP) is 4.34. The Balaban J connectivity index is 1.27. The van der Waals surface area contributed by atoms with Gasteiger partial charge in [-0.2, -0.15) is 4.98 Å². The number of nitrogens with zero attached hydrogens (tertiary/aromatic N) is 2. The molecule has 7 heteroatoms. The molecule has 34 heavy (non-hydrogen) atoms. The highest BCUT2D eigenvalue weighted by molar-refractivity contribution is 5.79. The summed E-state index contributed by atoms with van der Waals surface area (Å²) in [5, 5.41) is 20.5. The number of anilines is 3. The topological polar surface area (TPSA) is 99.2 Å². The number of hydrogen-bond acceptors (Lipinski definition) is 6. The number of rotatable bonds is 8. The highest BCUT2D eigenvalue weighted by Crippen LogP contribution is 2.45. The Bertz CT molecular complexity index is 1010. The number of carbonyl (C=O) groups is 1. The average Bonchev–Trinajstić information content (AvgIpc) is 3.60. The Kier molecular flexibility index (Phi) is 6.73. The number of aliphatic hydroxyl groups excluding tert-OH is 1. The fourth-order valence-electron chi connectivity index (χ4n) is 5.87. The van der Waals surface area contributed by atoms with E-state index in [1.165, 1.54) is 19.3 Å². The van der Waals surface area contributed by atoms with Gasteiger partial charge in [0, 0.05) is 29.5 Å². The number of benzene rings is 1. The summed E-state index contributed by atoms with van der Waals surface area (Å²) in [5.74, 6) is 3.21. The zero-order valence-corrected chi connectivity index (χ0v) is 20.3. The highest BCUT2D eigenvalue weighted by atomic mass is 16.3. The summed E-state index contributed by atoms with van der Waals surface area (Å²) in [6.07, 6.45) is 9.58. The molecule has 2 bridgehead atoms. The molecule has 182 valence electrons. The van der Waals surface area contributed by atoms with Gasteiger partial charge < -0.3 is 21.1 Å². The van der Waals surface area contributed by atoms with Crippen molar-refractivity contribution in [2.45, 2.75) is 83.4 Å². The smallest absolute Gasteiger partial charge is 0.229 e. The van der Waals surface area contributed by atoms with Crippen LogP contribution in [-0.2, 0) is 11.2 Å². The molecule has 0 radical (unpaired) electrons. The lowest BCUT2D eigenvalue weighted by atomic mass is 9.63. The van der Waals surface area contributed by atoms with E-state index in [2.05, 4.69) is 27.9 Å². The van der Waals surface area contributed by atoms with Crippen LogP contribution in [0.2, 0.25) is 0 Å². The van der Waals surface area contributed by atoms with Gasteiger partial charge in [0.1, 0.15) is 5.82 Å². The van der Waals surface area contributed by atoms with Crippen LogP contribution in [0.3, 0.4) is 0 Å². The van der Waals surface area contributed by atoms with Crippen LogP contribution in [-0.4, -0.2) is 39.2 Å². The van der Waals surface area contributed by atoms with Crippen molar-refractivity contribution in [1.29, 1.82) is 0 Å². The fraction of sp³-hybridized carbons (Fsp3) is 0.593. The van der Waals surface area contributed by atoms with Crippen LogP contribution in [0.4, 0.5) is 17.5 Å². The van der Waals surface area contributed by atoms with Gasteiger partial charge in [0.2, 0.25) is 11.9 Å². The van der Waals surface area contributed by atoms with Crippen LogP contribution in [0.25, 0.3) is 0 Å². The van der Waals surface area contributed by atoms with E-state index in [4.69, 9.17) is 4.98 Å². The lowest BCUT2D eigenvalue weighted by Crippen LogP contribution is -2.49. The van der Waals surface area contributed by atoms with Crippen LogP contribution < -0.4 is 16.0 Å². The molecule has 3 saturated carbocycles. The lowest BCUT2D eigenvalue weighted by molar-refractivity contribution is -0.120. The monoisotopic (exact) mass is 463 g/mol. The minimum absolute atomic E-state index is 0.0752. The summed E-state index contributed by atoms with van der Waals surface area (Å²) in [6.45, 7) is 4.32. The summed E-state index contributed by atoms with van der Waals surface area (Å²) in [4.78, 5) is 21.5. The number of aliphatic hydroxyl groups is 1. The van der Waals surface area contributed by atoms with Crippen LogP contribution in [0.5, 0.6) is 0 Å². The van der Waals surface area contributed by atoms with Crippen molar-refractivity contribution < 1.29 is 9.90 Å². The van der Waals surface area contributed by atoms with Crippen LogP contribution in [0.15, 0.2) is 30.5 Å². The largest absolute Gasteiger partial charge is 0.393 e. The molecule has 1 aromatic heterocycles. The first-order valence-electron chi connectivity index (χ1n) is 12.9. The maximum absolute atomic E-state index is 12.2. The number of fused-ring (bicyclic) bond motifs is 2. The minimum Gasteiger partial charge on any atom is -0.393 e. The van der Waals surface area contributed by atoms with Gasteiger partial charge in [-0.3, -0.25) is 4.79 Å². The number of hydrogen-bond donors (Lipinski definition) is 4. The van der Waals surface area contributed by atoms with E-state index >= 15 is 0 Å². The number of nitrogens with one attached hydrogen (secondary N) is 3. The summed E-state index contributed by atoms with van der Waals surface area (Å²) < 4.78 is 0. The average molecular weight is 464 g/mol. The van der Waals surface area contributed by atoms with E-state index in [0.717, 1.165) is 54.2 Å². The van der Waals surface area contributed by atoms with E-state index in [1.807, 2.05) is 37.4 Å². The molecule has 0 spiro atoms. The highest BCUT2D eigenvalue weighted by Gasteiger charge is 2.43. The van der Waals surface area contributed by atoms with Gasteiger partial charge in [0.05, 0.1) is 12.5 Å². The molecule has 2 unspecified atom stereocenters. The first kappa shape index (κ1) is 23.1. The second-order valence-electron chi connectivity index (χ2n) is 10.6. The van der Waals surface area contributed by atoms with Crippen molar-refractivity contribution >= 4 is 23.4 Å². The zero-order chi connectivity index (χ0) is 23.7. The van der Waals surface area contributed by atoms with Crippen LogP contribution >= 0.6 is 0 Å². The molecule has 0 saturated heterocycles. The Morgan fingerprint density at radius 3 is 2.62 bits per heavy atom. The van der Waals surface area contributed by atoms with E-state index in [-0.39, 0.29) is 12.0 Å². The molecule has 3 aliphatic carbocycles. The summed E-state index contributed by atoms with van der Waals surface area (Å²) in [7, 11) is 0. The first-order valence-corrected chi connectivity index (χ1v) is 12.9. The molecule has 0 aliphatic heterocycles. The fourth-order valence-corrected chi connectivity index (χ4v) is 5.87. The van der Waals surface area contributed by atoms with Crippen LogP contribution in [0, 0.1) is 24.7 Å².